The molecule has 2 aromatic rings. The van der Waals surface area contributed by atoms with Crippen molar-refractivity contribution in [3.05, 3.63) is 57.3 Å². The molecule has 0 saturated heterocycles. The standard InChI is InChI=1S/C18H21BrN4O/c1-12(2)15-7-5-14(6-8-15)9-13(3)10-20-21-18(24)17-16(19)11-23(4)22-17/h5-12H,1-4H3,(H,21,24)/b13-9+,20-10-. The molecule has 1 N–H and O–H groups in total. The Morgan fingerprint density at radius 1 is 1.33 bits per heavy atom. The third-order valence-corrected chi connectivity index (χ3v) is 4.01. The van der Waals surface area contributed by atoms with E-state index in [1.807, 2.05) is 13.0 Å². The van der Waals surface area contributed by atoms with E-state index in [1.165, 1.54) is 5.56 Å². The minimum atomic E-state index is -0.354. The number of benzene rings is 1. The number of nitrogens with one attached hydrogen (secondary N) is 1. The number of aromatic nitrogens is 2. The van der Waals surface area contributed by atoms with E-state index in [0.29, 0.717) is 16.1 Å². The molecule has 0 unspecified atom stereocenters. The van der Waals surface area contributed by atoms with E-state index in [1.54, 1.807) is 24.1 Å². The third-order valence-electron chi connectivity index (χ3n) is 3.43. The number of nitrogens with zero attached hydrogens (tertiary/aromatic N) is 3. The quantitative estimate of drug-likeness (QED) is 0.618. The SMILES string of the molecule is CC(/C=N\NC(=O)c1nn(C)cc1Br)=C\c1ccc(C(C)C)cc1. The van der Waals surface area contributed by atoms with Crippen LogP contribution in [0.25, 0.3) is 6.08 Å². The molecule has 1 amide bonds. The Kier molecular flexibility index (Phi) is 6.09. The molecule has 1 aromatic heterocycles. The maximum Gasteiger partial charge on any atom is 0.293 e. The maximum atomic E-state index is 12.0. The average molecular weight is 389 g/mol. The molecular weight excluding hydrogens is 368 g/mol. The van der Waals surface area contributed by atoms with Crippen LogP contribution in [-0.2, 0) is 7.05 Å². The molecule has 1 heterocycles. The lowest BCUT2D eigenvalue weighted by Crippen LogP contribution is -2.18. The molecule has 0 aliphatic rings. The van der Waals surface area contributed by atoms with Crippen LogP contribution in [0.1, 0.15) is 48.3 Å². The van der Waals surface area contributed by atoms with Crippen molar-refractivity contribution in [1.29, 1.82) is 0 Å². The highest BCUT2D eigenvalue weighted by atomic mass is 79.9. The van der Waals surface area contributed by atoms with Gasteiger partial charge in [0.15, 0.2) is 5.69 Å². The zero-order valence-corrected chi connectivity index (χ0v) is 15.8. The van der Waals surface area contributed by atoms with Crippen LogP contribution in [0.4, 0.5) is 0 Å². The first kappa shape index (κ1) is 18.1. The second-order valence-electron chi connectivity index (χ2n) is 5.91. The fourth-order valence-electron chi connectivity index (χ4n) is 2.14. The molecule has 24 heavy (non-hydrogen) atoms. The Balaban J connectivity index is 1.98. The second-order valence-corrected chi connectivity index (χ2v) is 6.76. The summed E-state index contributed by atoms with van der Waals surface area (Å²) in [7, 11) is 1.75. The molecule has 126 valence electrons. The molecule has 2 rings (SSSR count). The molecule has 0 fully saturated rings. The number of amides is 1. The van der Waals surface area contributed by atoms with Gasteiger partial charge < -0.3 is 0 Å². The van der Waals surface area contributed by atoms with Crippen LogP contribution in [0.2, 0.25) is 0 Å². The molecule has 0 aliphatic heterocycles. The third kappa shape index (κ3) is 4.89. The highest BCUT2D eigenvalue weighted by Gasteiger charge is 2.13. The van der Waals surface area contributed by atoms with Crippen LogP contribution in [0, 0.1) is 0 Å². The number of carbonyl (C=O) groups is 1. The van der Waals surface area contributed by atoms with E-state index in [2.05, 4.69) is 69.7 Å². The van der Waals surface area contributed by atoms with Crippen LogP contribution in [-0.4, -0.2) is 21.9 Å². The van der Waals surface area contributed by atoms with Gasteiger partial charge >= 0.3 is 0 Å². The number of rotatable bonds is 5. The summed E-state index contributed by atoms with van der Waals surface area (Å²) >= 11 is 3.29. The largest absolute Gasteiger partial charge is 0.293 e. The van der Waals surface area contributed by atoms with Crippen molar-refractivity contribution >= 4 is 34.1 Å². The first-order chi connectivity index (χ1) is 11.4. The lowest BCUT2D eigenvalue weighted by molar-refractivity contribution is 0.0948. The van der Waals surface area contributed by atoms with Crippen molar-refractivity contribution in [2.45, 2.75) is 26.7 Å². The Morgan fingerprint density at radius 3 is 2.54 bits per heavy atom. The van der Waals surface area contributed by atoms with Crippen molar-refractivity contribution in [3.8, 4) is 0 Å². The minimum Gasteiger partial charge on any atom is -0.274 e. The number of hydrazone groups is 1. The van der Waals surface area contributed by atoms with Gasteiger partial charge in [0.2, 0.25) is 0 Å². The zero-order chi connectivity index (χ0) is 17.7. The van der Waals surface area contributed by atoms with Crippen LogP contribution >= 0.6 is 15.9 Å². The van der Waals surface area contributed by atoms with E-state index in [4.69, 9.17) is 0 Å². The molecule has 0 atom stereocenters. The first-order valence-corrected chi connectivity index (χ1v) is 8.47. The maximum absolute atomic E-state index is 12.0. The molecule has 0 bridgehead atoms. The van der Waals surface area contributed by atoms with Gasteiger partial charge in [0.05, 0.1) is 10.7 Å². The molecule has 6 heteroatoms. The second kappa shape index (κ2) is 8.06. The Morgan fingerprint density at radius 2 is 2.00 bits per heavy atom. The van der Waals surface area contributed by atoms with Crippen molar-refractivity contribution in [2.24, 2.45) is 12.1 Å². The average Bonchev–Trinajstić information content (AvgIpc) is 2.86. The summed E-state index contributed by atoms with van der Waals surface area (Å²) in [5.74, 6) is 0.166. The smallest absolute Gasteiger partial charge is 0.274 e. The molecule has 5 nitrogen and oxygen atoms in total. The summed E-state index contributed by atoms with van der Waals surface area (Å²) in [4.78, 5) is 12.0. The Hall–Kier alpha value is -2.21. The summed E-state index contributed by atoms with van der Waals surface area (Å²) < 4.78 is 2.20. The summed E-state index contributed by atoms with van der Waals surface area (Å²) in [6, 6.07) is 8.41. The van der Waals surface area contributed by atoms with Gasteiger partial charge in [0, 0.05) is 13.2 Å². The molecule has 0 aliphatic carbocycles. The van der Waals surface area contributed by atoms with E-state index in [0.717, 1.165) is 11.1 Å². The normalized spacial score (nSPS) is 12.2. The highest BCUT2D eigenvalue weighted by Crippen LogP contribution is 2.16. The summed E-state index contributed by atoms with van der Waals surface area (Å²) in [5.41, 5.74) is 6.13. The summed E-state index contributed by atoms with van der Waals surface area (Å²) in [5, 5.41) is 8.04. The van der Waals surface area contributed by atoms with Gasteiger partial charge in [-0.15, -0.1) is 0 Å². The minimum absolute atomic E-state index is 0.306. The van der Waals surface area contributed by atoms with Gasteiger partial charge in [-0.1, -0.05) is 44.2 Å². The van der Waals surface area contributed by atoms with Crippen molar-refractivity contribution < 1.29 is 4.79 Å². The Labute approximate surface area is 150 Å². The predicted octanol–water partition coefficient (Wildman–Crippen LogP) is 4.13. The number of carbonyl (C=O) groups excluding carboxylic acids is 1. The predicted molar refractivity (Wildman–Crippen MR) is 101 cm³/mol. The van der Waals surface area contributed by atoms with Gasteiger partial charge in [0.1, 0.15) is 0 Å². The van der Waals surface area contributed by atoms with Gasteiger partial charge in [-0.25, -0.2) is 5.43 Å². The highest BCUT2D eigenvalue weighted by molar-refractivity contribution is 9.10. The zero-order valence-electron chi connectivity index (χ0n) is 14.2. The number of hydrogen-bond acceptors (Lipinski definition) is 3. The van der Waals surface area contributed by atoms with Crippen LogP contribution in [0.5, 0.6) is 0 Å². The Bertz CT molecular complexity index is 773. The van der Waals surface area contributed by atoms with E-state index in [9.17, 15) is 4.79 Å². The molecular formula is C18H21BrN4O. The van der Waals surface area contributed by atoms with Crippen molar-refractivity contribution in [1.82, 2.24) is 15.2 Å². The first-order valence-electron chi connectivity index (χ1n) is 7.67. The van der Waals surface area contributed by atoms with Crippen molar-refractivity contribution in [2.75, 3.05) is 0 Å². The van der Waals surface area contributed by atoms with Crippen LogP contribution in [0.15, 0.2) is 45.6 Å². The fourth-order valence-corrected chi connectivity index (χ4v) is 2.69. The van der Waals surface area contributed by atoms with Crippen molar-refractivity contribution in [3.63, 3.8) is 0 Å². The lowest BCUT2D eigenvalue weighted by atomic mass is 10.0. The summed E-state index contributed by atoms with van der Waals surface area (Å²) in [6.07, 6.45) is 5.34. The number of halogens is 1. The summed E-state index contributed by atoms with van der Waals surface area (Å²) in [6.45, 7) is 6.28. The molecule has 0 saturated carbocycles. The van der Waals surface area contributed by atoms with Gasteiger partial charge in [-0.05, 0) is 45.5 Å². The monoisotopic (exact) mass is 388 g/mol. The topological polar surface area (TPSA) is 59.3 Å². The lowest BCUT2D eigenvalue weighted by Gasteiger charge is -2.05. The molecule has 0 spiro atoms. The fraction of sp³-hybridized carbons (Fsp3) is 0.278. The van der Waals surface area contributed by atoms with Crippen LogP contribution in [0.3, 0.4) is 0 Å². The van der Waals surface area contributed by atoms with Gasteiger partial charge in [0.25, 0.3) is 5.91 Å². The van der Waals surface area contributed by atoms with E-state index >= 15 is 0 Å². The van der Waals surface area contributed by atoms with E-state index in [-0.39, 0.29) is 5.91 Å². The number of allylic oxidation sites excluding steroid dienone is 1. The molecule has 0 radical (unpaired) electrons. The molecule has 1 aromatic carbocycles. The van der Waals surface area contributed by atoms with Crippen LogP contribution < -0.4 is 5.43 Å². The number of aryl methyl sites for hydroxylation is 1. The number of hydrogen-bond donors (Lipinski definition) is 1. The van der Waals surface area contributed by atoms with Gasteiger partial charge in [-0.3, -0.25) is 9.48 Å². The van der Waals surface area contributed by atoms with E-state index < -0.39 is 0 Å². The van der Waals surface area contributed by atoms with Gasteiger partial charge in [-0.2, -0.15) is 10.2 Å².